The summed E-state index contributed by atoms with van der Waals surface area (Å²) in [5.74, 6) is 0.797. The number of fused-ring (bicyclic) bond motifs is 1. The standard InChI is InChI=1S/C10H10BrN3O/c11-7-3-4-9-12-10(13-14(9)6-7)8-2-1-5-15-8/h3-4,6,8H,1-2,5H2. The van der Waals surface area contributed by atoms with Crippen LogP contribution in [0.1, 0.15) is 24.8 Å². The Morgan fingerprint density at radius 3 is 3.20 bits per heavy atom. The van der Waals surface area contributed by atoms with Gasteiger partial charge < -0.3 is 4.74 Å². The van der Waals surface area contributed by atoms with Gasteiger partial charge in [-0.3, -0.25) is 0 Å². The van der Waals surface area contributed by atoms with Gasteiger partial charge >= 0.3 is 0 Å². The van der Waals surface area contributed by atoms with E-state index < -0.39 is 0 Å². The molecule has 1 fully saturated rings. The maximum atomic E-state index is 5.55. The number of pyridine rings is 1. The van der Waals surface area contributed by atoms with Crippen molar-refractivity contribution >= 4 is 21.6 Å². The lowest BCUT2D eigenvalue weighted by Crippen LogP contribution is -1.98. The van der Waals surface area contributed by atoms with Crippen molar-refractivity contribution in [3.63, 3.8) is 0 Å². The van der Waals surface area contributed by atoms with E-state index >= 15 is 0 Å². The Morgan fingerprint density at radius 1 is 1.47 bits per heavy atom. The molecule has 2 aromatic heterocycles. The predicted molar refractivity (Wildman–Crippen MR) is 58.6 cm³/mol. The van der Waals surface area contributed by atoms with Crippen molar-refractivity contribution in [2.75, 3.05) is 6.61 Å². The third-order valence-electron chi connectivity index (χ3n) is 2.53. The van der Waals surface area contributed by atoms with Crippen LogP contribution in [0.25, 0.3) is 5.65 Å². The van der Waals surface area contributed by atoms with Gasteiger partial charge in [-0.2, -0.15) is 0 Å². The van der Waals surface area contributed by atoms with Crippen molar-refractivity contribution in [3.05, 3.63) is 28.6 Å². The van der Waals surface area contributed by atoms with Crippen LogP contribution in [0.4, 0.5) is 0 Å². The van der Waals surface area contributed by atoms with E-state index in [1.807, 2.05) is 18.3 Å². The van der Waals surface area contributed by atoms with E-state index in [1.54, 1.807) is 4.52 Å². The minimum Gasteiger partial charge on any atom is -0.370 e. The highest BCUT2D eigenvalue weighted by Gasteiger charge is 2.21. The predicted octanol–water partition coefficient (Wildman–Crippen LogP) is 2.34. The molecule has 0 N–H and O–H groups in total. The highest BCUT2D eigenvalue weighted by molar-refractivity contribution is 9.10. The monoisotopic (exact) mass is 267 g/mol. The first-order valence-electron chi connectivity index (χ1n) is 4.96. The summed E-state index contributed by atoms with van der Waals surface area (Å²) in [5, 5.41) is 4.41. The van der Waals surface area contributed by atoms with Crippen LogP contribution in [0.2, 0.25) is 0 Å². The molecule has 1 aliphatic heterocycles. The van der Waals surface area contributed by atoms with Gasteiger partial charge in [0.1, 0.15) is 6.10 Å². The molecule has 3 heterocycles. The third-order valence-corrected chi connectivity index (χ3v) is 3.00. The van der Waals surface area contributed by atoms with Crippen LogP contribution in [0.5, 0.6) is 0 Å². The van der Waals surface area contributed by atoms with Gasteiger partial charge in [0.05, 0.1) is 0 Å². The van der Waals surface area contributed by atoms with Crippen LogP contribution >= 0.6 is 15.9 Å². The minimum absolute atomic E-state index is 0.0867. The quantitative estimate of drug-likeness (QED) is 0.796. The molecule has 0 saturated carbocycles. The second-order valence-corrected chi connectivity index (χ2v) is 4.54. The largest absolute Gasteiger partial charge is 0.370 e. The molecule has 0 bridgehead atoms. The second kappa shape index (κ2) is 3.57. The number of ether oxygens (including phenoxy) is 1. The lowest BCUT2D eigenvalue weighted by molar-refractivity contribution is 0.105. The molecule has 78 valence electrons. The van der Waals surface area contributed by atoms with Gasteiger partial charge in [-0.15, -0.1) is 5.10 Å². The fourth-order valence-electron chi connectivity index (χ4n) is 1.79. The zero-order valence-corrected chi connectivity index (χ0v) is 9.64. The highest BCUT2D eigenvalue weighted by Crippen LogP contribution is 2.26. The molecule has 4 nitrogen and oxygen atoms in total. The first-order chi connectivity index (χ1) is 7.33. The molecule has 1 aliphatic rings. The fraction of sp³-hybridized carbons (Fsp3) is 0.400. The Hall–Kier alpha value is -0.940. The summed E-state index contributed by atoms with van der Waals surface area (Å²) in [7, 11) is 0. The Morgan fingerprint density at radius 2 is 2.40 bits per heavy atom. The van der Waals surface area contributed by atoms with E-state index in [0.717, 1.165) is 35.4 Å². The zero-order valence-electron chi connectivity index (χ0n) is 8.06. The van der Waals surface area contributed by atoms with Crippen LogP contribution < -0.4 is 0 Å². The molecule has 5 heteroatoms. The topological polar surface area (TPSA) is 39.4 Å². The molecule has 3 rings (SSSR count). The van der Waals surface area contributed by atoms with Gasteiger partial charge in [0, 0.05) is 17.3 Å². The zero-order chi connectivity index (χ0) is 10.3. The lowest BCUT2D eigenvalue weighted by atomic mass is 10.2. The molecule has 1 saturated heterocycles. The minimum atomic E-state index is 0.0867. The van der Waals surface area contributed by atoms with Crippen LogP contribution in [0, 0.1) is 0 Å². The van der Waals surface area contributed by atoms with E-state index in [1.165, 1.54) is 0 Å². The van der Waals surface area contributed by atoms with Crippen molar-refractivity contribution in [2.24, 2.45) is 0 Å². The Kier molecular flexibility index (Phi) is 2.21. The average Bonchev–Trinajstić information content (AvgIpc) is 2.84. The summed E-state index contributed by atoms with van der Waals surface area (Å²) in [6.45, 7) is 0.823. The van der Waals surface area contributed by atoms with Crippen LogP contribution in [-0.4, -0.2) is 21.2 Å². The molecule has 15 heavy (non-hydrogen) atoms. The molecule has 0 aromatic carbocycles. The van der Waals surface area contributed by atoms with Gasteiger partial charge in [0.15, 0.2) is 11.5 Å². The Balaban J connectivity index is 2.05. The summed E-state index contributed by atoms with van der Waals surface area (Å²) in [4.78, 5) is 4.44. The van der Waals surface area contributed by atoms with Crippen molar-refractivity contribution < 1.29 is 4.74 Å². The van der Waals surface area contributed by atoms with E-state index in [-0.39, 0.29) is 6.10 Å². The smallest absolute Gasteiger partial charge is 0.180 e. The second-order valence-electron chi connectivity index (χ2n) is 3.62. The SMILES string of the molecule is Brc1ccc2nc(C3CCCO3)nn2c1. The number of nitrogens with zero attached hydrogens (tertiary/aromatic N) is 3. The van der Waals surface area contributed by atoms with Crippen molar-refractivity contribution in [1.29, 1.82) is 0 Å². The van der Waals surface area contributed by atoms with E-state index in [4.69, 9.17) is 4.74 Å². The molecule has 2 aromatic rings. The van der Waals surface area contributed by atoms with E-state index in [0.29, 0.717) is 0 Å². The molecule has 0 radical (unpaired) electrons. The first-order valence-corrected chi connectivity index (χ1v) is 5.76. The molecule has 0 spiro atoms. The summed E-state index contributed by atoms with van der Waals surface area (Å²) >= 11 is 3.41. The number of hydrogen-bond donors (Lipinski definition) is 0. The molecule has 0 aliphatic carbocycles. The molecular formula is C10H10BrN3O. The summed E-state index contributed by atoms with van der Waals surface area (Å²) in [5.41, 5.74) is 0.865. The van der Waals surface area contributed by atoms with Crippen molar-refractivity contribution in [2.45, 2.75) is 18.9 Å². The fourth-order valence-corrected chi connectivity index (χ4v) is 2.12. The maximum Gasteiger partial charge on any atom is 0.180 e. The summed E-state index contributed by atoms with van der Waals surface area (Å²) < 4.78 is 8.33. The third kappa shape index (κ3) is 1.66. The number of halogens is 1. The molecule has 1 unspecified atom stereocenters. The van der Waals surface area contributed by atoms with Gasteiger partial charge in [0.25, 0.3) is 0 Å². The maximum absolute atomic E-state index is 5.55. The molecular weight excluding hydrogens is 258 g/mol. The van der Waals surface area contributed by atoms with E-state index in [2.05, 4.69) is 26.0 Å². The highest BCUT2D eigenvalue weighted by atomic mass is 79.9. The van der Waals surface area contributed by atoms with E-state index in [9.17, 15) is 0 Å². The number of aromatic nitrogens is 3. The van der Waals surface area contributed by atoms with Crippen LogP contribution in [0.3, 0.4) is 0 Å². The molecule has 1 atom stereocenters. The summed E-state index contributed by atoms with van der Waals surface area (Å²) in [6, 6.07) is 3.90. The van der Waals surface area contributed by atoms with Crippen molar-refractivity contribution in [3.8, 4) is 0 Å². The summed E-state index contributed by atoms with van der Waals surface area (Å²) in [6.07, 6.45) is 4.12. The van der Waals surface area contributed by atoms with Crippen molar-refractivity contribution in [1.82, 2.24) is 14.6 Å². The molecule has 0 amide bonds. The first kappa shape index (κ1) is 9.30. The Labute approximate surface area is 95.4 Å². The Bertz CT molecular complexity index is 490. The normalized spacial score (nSPS) is 21.3. The van der Waals surface area contributed by atoms with Gasteiger partial charge in [-0.25, -0.2) is 9.50 Å². The van der Waals surface area contributed by atoms with Gasteiger partial charge in [0.2, 0.25) is 0 Å². The van der Waals surface area contributed by atoms with Gasteiger partial charge in [-0.1, -0.05) is 0 Å². The average molecular weight is 268 g/mol. The lowest BCUT2D eigenvalue weighted by Gasteiger charge is -2.01. The van der Waals surface area contributed by atoms with Crippen LogP contribution in [0.15, 0.2) is 22.8 Å². The van der Waals surface area contributed by atoms with Gasteiger partial charge in [-0.05, 0) is 40.9 Å². The number of hydrogen-bond acceptors (Lipinski definition) is 3. The van der Waals surface area contributed by atoms with Crippen LogP contribution in [-0.2, 0) is 4.74 Å². The number of rotatable bonds is 1.